The molecule has 0 bridgehead atoms. The van der Waals surface area contributed by atoms with Crippen molar-refractivity contribution in [1.82, 2.24) is 0 Å². The Bertz CT molecular complexity index is 567. The standard InChI is InChI=1S/C14H15NO2/c1-9-5-4-6-12(10(9)2)14-8-7-13(17-14)11(3)15-16/h4-8,16H,1-3H3/b15-11+. The highest BCUT2D eigenvalue weighted by atomic mass is 16.4. The van der Waals surface area contributed by atoms with E-state index in [4.69, 9.17) is 9.62 Å². The molecule has 0 aliphatic rings. The first-order chi connectivity index (χ1) is 8.13. The Morgan fingerprint density at radius 1 is 1.18 bits per heavy atom. The molecular formula is C14H15NO2. The Labute approximate surface area is 100 Å². The zero-order valence-corrected chi connectivity index (χ0v) is 10.2. The summed E-state index contributed by atoms with van der Waals surface area (Å²) in [6.07, 6.45) is 0. The summed E-state index contributed by atoms with van der Waals surface area (Å²) < 4.78 is 5.67. The predicted octanol–water partition coefficient (Wildman–Crippen LogP) is 3.76. The monoisotopic (exact) mass is 229 g/mol. The molecule has 0 fully saturated rings. The Hall–Kier alpha value is -2.03. The van der Waals surface area contributed by atoms with Gasteiger partial charge in [-0.1, -0.05) is 23.4 Å². The molecule has 0 saturated heterocycles. The fourth-order valence-corrected chi connectivity index (χ4v) is 1.74. The molecule has 0 aliphatic heterocycles. The van der Waals surface area contributed by atoms with Crippen molar-refractivity contribution < 1.29 is 9.62 Å². The third-order valence-electron chi connectivity index (χ3n) is 2.98. The molecule has 0 aliphatic carbocycles. The van der Waals surface area contributed by atoms with E-state index in [1.54, 1.807) is 6.92 Å². The topological polar surface area (TPSA) is 45.7 Å². The van der Waals surface area contributed by atoms with E-state index >= 15 is 0 Å². The summed E-state index contributed by atoms with van der Waals surface area (Å²) in [4.78, 5) is 0. The largest absolute Gasteiger partial charge is 0.455 e. The van der Waals surface area contributed by atoms with Crippen molar-refractivity contribution >= 4 is 5.71 Å². The average Bonchev–Trinajstić information content (AvgIpc) is 2.81. The van der Waals surface area contributed by atoms with Gasteiger partial charge in [-0.3, -0.25) is 0 Å². The Morgan fingerprint density at radius 2 is 1.94 bits per heavy atom. The third kappa shape index (κ3) is 2.09. The van der Waals surface area contributed by atoms with Gasteiger partial charge < -0.3 is 9.62 Å². The number of hydrogen-bond acceptors (Lipinski definition) is 3. The van der Waals surface area contributed by atoms with Crippen molar-refractivity contribution in [3.63, 3.8) is 0 Å². The number of nitrogens with zero attached hydrogens (tertiary/aromatic N) is 1. The van der Waals surface area contributed by atoms with Crippen LogP contribution in [0, 0.1) is 13.8 Å². The normalized spacial score (nSPS) is 11.8. The zero-order valence-electron chi connectivity index (χ0n) is 10.2. The molecular weight excluding hydrogens is 214 g/mol. The van der Waals surface area contributed by atoms with E-state index in [1.807, 2.05) is 24.3 Å². The number of rotatable bonds is 2. The fraction of sp³-hybridized carbons (Fsp3) is 0.214. The van der Waals surface area contributed by atoms with E-state index < -0.39 is 0 Å². The van der Waals surface area contributed by atoms with Crippen molar-refractivity contribution in [3.05, 3.63) is 47.2 Å². The lowest BCUT2D eigenvalue weighted by atomic mass is 10.0. The molecule has 17 heavy (non-hydrogen) atoms. The number of hydrogen-bond donors (Lipinski definition) is 1. The van der Waals surface area contributed by atoms with Crippen LogP contribution in [0.2, 0.25) is 0 Å². The Balaban J connectivity index is 2.48. The van der Waals surface area contributed by atoms with E-state index in [0.717, 1.165) is 11.3 Å². The molecule has 1 aromatic carbocycles. The summed E-state index contributed by atoms with van der Waals surface area (Å²) >= 11 is 0. The van der Waals surface area contributed by atoms with Gasteiger partial charge in [0.1, 0.15) is 11.5 Å². The van der Waals surface area contributed by atoms with Crippen molar-refractivity contribution in [3.8, 4) is 11.3 Å². The van der Waals surface area contributed by atoms with Crippen LogP contribution in [0.15, 0.2) is 39.9 Å². The van der Waals surface area contributed by atoms with Gasteiger partial charge in [-0.05, 0) is 44.0 Å². The number of aryl methyl sites for hydroxylation is 1. The zero-order chi connectivity index (χ0) is 12.4. The lowest BCUT2D eigenvalue weighted by Gasteiger charge is -2.05. The summed E-state index contributed by atoms with van der Waals surface area (Å²) in [7, 11) is 0. The molecule has 88 valence electrons. The molecule has 1 heterocycles. The maximum Gasteiger partial charge on any atom is 0.152 e. The predicted molar refractivity (Wildman–Crippen MR) is 67.6 cm³/mol. The molecule has 0 saturated carbocycles. The number of benzene rings is 1. The van der Waals surface area contributed by atoms with Gasteiger partial charge in [0, 0.05) is 5.56 Å². The molecule has 0 radical (unpaired) electrons. The Kier molecular flexibility index (Phi) is 3.00. The average molecular weight is 229 g/mol. The van der Waals surface area contributed by atoms with Crippen LogP contribution < -0.4 is 0 Å². The quantitative estimate of drug-likeness (QED) is 0.484. The first-order valence-corrected chi connectivity index (χ1v) is 5.49. The van der Waals surface area contributed by atoms with Gasteiger partial charge in [0.15, 0.2) is 5.76 Å². The van der Waals surface area contributed by atoms with Crippen molar-refractivity contribution in [1.29, 1.82) is 0 Å². The summed E-state index contributed by atoms with van der Waals surface area (Å²) in [6, 6.07) is 9.81. The van der Waals surface area contributed by atoms with Crippen LogP contribution in [0.25, 0.3) is 11.3 Å². The minimum Gasteiger partial charge on any atom is -0.455 e. The molecule has 1 N–H and O–H groups in total. The van der Waals surface area contributed by atoms with E-state index in [0.29, 0.717) is 11.5 Å². The van der Waals surface area contributed by atoms with Gasteiger partial charge in [0.25, 0.3) is 0 Å². The molecule has 0 unspecified atom stereocenters. The molecule has 0 spiro atoms. The van der Waals surface area contributed by atoms with Crippen LogP contribution in [-0.4, -0.2) is 10.9 Å². The van der Waals surface area contributed by atoms with Crippen LogP contribution in [0.3, 0.4) is 0 Å². The molecule has 0 atom stereocenters. The van der Waals surface area contributed by atoms with Gasteiger partial charge in [-0.2, -0.15) is 0 Å². The smallest absolute Gasteiger partial charge is 0.152 e. The molecule has 2 aromatic rings. The van der Waals surface area contributed by atoms with Crippen molar-refractivity contribution in [2.24, 2.45) is 5.16 Å². The van der Waals surface area contributed by atoms with E-state index in [9.17, 15) is 0 Å². The van der Waals surface area contributed by atoms with Crippen LogP contribution in [-0.2, 0) is 0 Å². The van der Waals surface area contributed by atoms with Crippen molar-refractivity contribution in [2.45, 2.75) is 20.8 Å². The third-order valence-corrected chi connectivity index (χ3v) is 2.98. The van der Waals surface area contributed by atoms with Gasteiger partial charge in [0.2, 0.25) is 0 Å². The summed E-state index contributed by atoms with van der Waals surface area (Å²) in [5, 5.41) is 11.8. The lowest BCUT2D eigenvalue weighted by molar-refractivity contribution is 0.317. The van der Waals surface area contributed by atoms with E-state index in [-0.39, 0.29) is 0 Å². The van der Waals surface area contributed by atoms with E-state index in [2.05, 4.69) is 25.1 Å². The molecule has 3 nitrogen and oxygen atoms in total. The van der Waals surface area contributed by atoms with Crippen LogP contribution in [0.5, 0.6) is 0 Å². The van der Waals surface area contributed by atoms with Crippen LogP contribution in [0.1, 0.15) is 23.8 Å². The van der Waals surface area contributed by atoms with Gasteiger partial charge >= 0.3 is 0 Å². The van der Waals surface area contributed by atoms with E-state index in [1.165, 1.54) is 11.1 Å². The first-order valence-electron chi connectivity index (χ1n) is 5.49. The number of oxime groups is 1. The van der Waals surface area contributed by atoms with Crippen LogP contribution in [0.4, 0.5) is 0 Å². The molecule has 3 heteroatoms. The van der Waals surface area contributed by atoms with Crippen molar-refractivity contribution in [2.75, 3.05) is 0 Å². The minimum absolute atomic E-state index is 0.474. The molecule has 1 aromatic heterocycles. The second-order valence-electron chi connectivity index (χ2n) is 4.10. The maximum absolute atomic E-state index is 8.69. The summed E-state index contributed by atoms with van der Waals surface area (Å²) in [5.74, 6) is 1.38. The highest BCUT2D eigenvalue weighted by Crippen LogP contribution is 2.27. The maximum atomic E-state index is 8.69. The highest BCUT2D eigenvalue weighted by molar-refractivity contribution is 5.96. The second kappa shape index (κ2) is 4.45. The first kappa shape index (κ1) is 11.5. The lowest BCUT2D eigenvalue weighted by Crippen LogP contribution is -1.90. The minimum atomic E-state index is 0.474. The molecule has 2 rings (SSSR count). The summed E-state index contributed by atoms with van der Waals surface area (Å²) in [5.41, 5.74) is 3.98. The summed E-state index contributed by atoms with van der Waals surface area (Å²) in [6.45, 7) is 5.84. The second-order valence-corrected chi connectivity index (χ2v) is 4.10. The number of furan rings is 1. The fourth-order valence-electron chi connectivity index (χ4n) is 1.74. The molecule has 0 amide bonds. The van der Waals surface area contributed by atoms with Crippen LogP contribution >= 0.6 is 0 Å². The van der Waals surface area contributed by atoms with Gasteiger partial charge in [-0.25, -0.2) is 0 Å². The van der Waals surface area contributed by atoms with Gasteiger partial charge in [0.05, 0.1) is 0 Å². The Morgan fingerprint density at radius 3 is 2.65 bits per heavy atom. The van der Waals surface area contributed by atoms with Gasteiger partial charge in [-0.15, -0.1) is 0 Å². The SMILES string of the molecule is C/C(=N\O)c1ccc(-c2cccc(C)c2C)o1. The highest BCUT2D eigenvalue weighted by Gasteiger charge is 2.10.